The van der Waals surface area contributed by atoms with E-state index in [9.17, 15) is 9.90 Å². The number of nitrogens with zero attached hydrogens (tertiary/aromatic N) is 5. The average molecular weight is 411 g/mol. The normalized spacial score (nSPS) is 29.0. The molecular weight excluding hydrogens is 380 g/mol. The number of tetrazole rings is 1. The fourth-order valence-electron chi connectivity index (χ4n) is 5.66. The summed E-state index contributed by atoms with van der Waals surface area (Å²) >= 11 is 0. The van der Waals surface area contributed by atoms with Crippen molar-refractivity contribution in [3.63, 3.8) is 0 Å². The molecular formula is C22H30N6O2. The van der Waals surface area contributed by atoms with E-state index in [0.29, 0.717) is 36.7 Å². The van der Waals surface area contributed by atoms with Crippen molar-refractivity contribution >= 4 is 5.91 Å². The highest BCUT2D eigenvalue weighted by molar-refractivity contribution is 5.76. The molecule has 8 nitrogen and oxygen atoms in total. The summed E-state index contributed by atoms with van der Waals surface area (Å²) in [6.45, 7) is 4.42. The molecule has 2 aliphatic carbocycles. The summed E-state index contributed by atoms with van der Waals surface area (Å²) in [7, 11) is 0. The predicted octanol–water partition coefficient (Wildman–Crippen LogP) is 0.727. The highest BCUT2D eigenvalue weighted by atomic mass is 16.3. The molecule has 0 unspecified atom stereocenters. The van der Waals surface area contributed by atoms with Crippen LogP contribution in [0.3, 0.4) is 0 Å². The van der Waals surface area contributed by atoms with E-state index in [1.807, 2.05) is 6.92 Å². The van der Waals surface area contributed by atoms with E-state index in [0.717, 1.165) is 38.8 Å². The zero-order chi connectivity index (χ0) is 20.7. The Hall–Kier alpha value is -2.32. The van der Waals surface area contributed by atoms with Gasteiger partial charge in [-0.2, -0.15) is 0 Å². The number of amides is 1. The van der Waals surface area contributed by atoms with Crippen LogP contribution in [-0.2, 0) is 24.2 Å². The van der Waals surface area contributed by atoms with Gasteiger partial charge in [0, 0.05) is 25.6 Å². The van der Waals surface area contributed by atoms with Crippen molar-refractivity contribution in [2.75, 3.05) is 13.1 Å². The molecule has 8 heteroatoms. The fourth-order valence-corrected chi connectivity index (χ4v) is 5.66. The molecule has 2 N–H and O–H groups in total. The van der Waals surface area contributed by atoms with Crippen molar-refractivity contribution in [1.82, 2.24) is 30.4 Å². The molecule has 3 aliphatic rings. The smallest absolute Gasteiger partial charge is 0.222 e. The third-order valence-corrected chi connectivity index (χ3v) is 7.32. The minimum absolute atomic E-state index is 0.0477. The Labute approximate surface area is 176 Å². The van der Waals surface area contributed by atoms with Crippen LogP contribution in [-0.4, -0.2) is 67.4 Å². The number of nitrogens with one attached hydrogen (secondary N) is 1. The van der Waals surface area contributed by atoms with Crippen LogP contribution in [0.1, 0.15) is 36.2 Å². The zero-order valence-electron chi connectivity index (χ0n) is 17.4. The second-order valence-electron chi connectivity index (χ2n) is 9.22. The Balaban J connectivity index is 1.14. The van der Waals surface area contributed by atoms with Gasteiger partial charge in [0.2, 0.25) is 5.91 Å². The summed E-state index contributed by atoms with van der Waals surface area (Å²) in [5.74, 6) is 1.72. The van der Waals surface area contributed by atoms with Crippen LogP contribution in [0.5, 0.6) is 0 Å². The largest absolute Gasteiger partial charge is 0.391 e. The second kappa shape index (κ2) is 8.07. The number of fused-ring (bicyclic) bond motifs is 2. The van der Waals surface area contributed by atoms with Crippen molar-refractivity contribution in [2.45, 2.75) is 63.8 Å². The molecule has 30 heavy (non-hydrogen) atoms. The van der Waals surface area contributed by atoms with E-state index < -0.39 is 6.10 Å². The first-order valence-corrected chi connectivity index (χ1v) is 11.1. The molecule has 1 saturated heterocycles. The highest BCUT2D eigenvalue weighted by Gasteiger charge is 2.44. The summed E-state index contributed by atoms with van der Waals surface area (Å²) in [6.07, 6.45) is 3.75. The second-order valence-corrected chi connectivity index (χ2v) is 9.22. The number of carbonyl (C=O) groups excluding carboxylic acids is 1. The summed E-state index contributed by atoms with van der Waals surface area (Å²) in [6, 6.07) is 9.20. The van der Waals surface area contributed by atoms with E-state index in [-0.39, 0.29) is 11.9 Å². The number of hydrogen-bond acceptors (Lipinski definition) is 6. The van der Waals surface area contributed by atoms with E-state index in [4.69, 9.17) is 0 Å². The molecule has 1 amide bonds. The fraction of sp³-hybridized carbons (Fsp3) is 0.636. The molecule has 1 aromatic heterocycles. The van der Waals surface area contributed by atoms with Crippen LogP contribution in [0.4, 0.5) is 0 Å². The van der Waals surface area contributed by atoms with Gasteiger partial charge < -0.3 is 10.4 Å². The number of aliphatic hydroxyl groups is 1. The number of aryl methyl sites for hydroxylation is 2. The van der Waals surface area contributed by atoms with Gasteiger partial charge in [0.25, 0.3) is 0 Å². The Bertz CT molecular complexity index is 890. The summed E-state index contributed by atoms with van der Waals surface area (Å²) < 4.78 is 1.63. The molecule has 4 atom stereocenters. The lowest BCUT2D eigenvalue weighted by Gasteiger charge is -2.35. The summed E-state index contributed by atoms with van der Waals surface area (Å²) in [5, 5.41) is 25.1. The predicted molar refractivity (Wildman–Crippen MR) is 111 cm³/mol. The molecule has 0 radical (unpaired) electrons. The highest BCUT2D eigenvalue weighted by Crippen LogP contribution is 2.39. The lowest BCUT2D eigenvalue weighted by atomic mass is 9.77. The molecule has 160 valence electrons. The van der Waals surface area contributed by atoms with Gasteiger partial charge in [-0.15, -0.1) is 5.10 Å². The van der Waals surface area contributed by atoms with E-state index in [1.54, 1.807) is 4.68 Å². The van der Waals surface area contributed by atoms with Crippen molar-refractivity contribution < 1.29 is 9.90 Å². The minimum Gasteiger partial charge on any atom is -0.391 e. The maximum absolute atomic E-state index is 12.4. The van der Waals surface area contributed by atoms with Crippen LogP contribution in [0, 0.1) is 18.8 Å². The standard InChI is InChI=1S/C22H30N6O2/c1-14-24-25-26-28(14)7-6-22(30)23-20-10-17-12-27(13-18(17)11-21(20)29)19-8-15-4-2-3-5-16(15)9-19/h2-5,17-21,29H,6-13H2,1H3,(H,23,30)/t17-,18+,20-,21-/m0/s1. The number of hydrogen-bond donors (Lipinski definition) is 2. The first kappa shape index (κ1) is 19.6. The Kier molecular flexibility index (Phi) is 5.28. The van der Waals surface area contributed by atoms with Crippen LogP contribution >= 0.6 is 0 Å². The maximum atomic E-state index is 12.4. The number of likely N-dealkylation sites (tertiary alicyclic amines) is 1. The minimum atomic E-state index is -0.467. The molecule has 0 bridgehead atoms. The maximum Gasteiger partial charge on any atom is 0.222 e. The summed E-state index contributed by atoms with van der Waals surface area (Å²) in [5.41, 5.74) is 2.97. The third kappa shape index (κ3) is 3.86. The van der Waals surface area contributed by atoms with Gasteiger partial charge in [-0.1, -0.05) is 24.3 Å². The SMILES string of the molecule is Cc1nnnn1CCC(=O)N[C@H]1C[C@H]2CN(C3Cc4ccccc4C3)C[C@H]2C[C@@H]1O. The van der Waals surface area contributed by atoms with Crippen molar-refractivity contribution in [3.8, 4) is 0 Å². The Morgan fingerprint density at radius 2 is 1.87 bits per heavy atom. The quantitative estimate of drug-likeness (QED) is 0.754. The Morgan fingerprint density at radius 1 is 1.17 bits per heavy atom. The van der Waals surface area contributed by atoms with E-state index >= 15 is 0 Å². The third-order valence-electron chi connectivity index (χ3n) is 7.32. The van der Waals surface area contributed by atoms with Crippen molar-refractivity contribution in [2.24, 2.45) is 11.8 Å². The lowest BCUT2D eigenvalue weighted by molar-refractivity contribution is -0.123. The Morgan fingerprint density at radius 3 is 2.53 bits per heavy atom. The molecule has 5 rings (SSSR count). The monoisotopic (exact) mass is 410 g/mol. The van der Waals surface area contributed by atoms with Gasteiger partial charge in [-0.3, -0.25) is 9.69 Å². The van der Waals surface area contributed by atoms with E-state index in [2.05, 4.69) is 50.0 Å². The first-order chi connectivity index (χ1) is 14.6. The van der Waals surface area contributed by atoms with Gasteiger partial charge >= 0.3 is 0 Å². The van der Waals surface area contributed by atoms with Gasteiger partial charge in [0.1, 0.15) is 5.82 Å². The van der Waals surface area contributed by atoms with E-state index in [1.165, 1.54) is 11.1 Å². The number of benzene rings is 1. The van der Waals surface area contributed by atoms with Gasteiger partial charge in [-0.25, -0.2) is 4.68 Å². The van der Waals surface area contributed by atoms with Crippen LogP contribution in [0.2, 0.25) is 0 Å². The van der Waals surface area contributed by atoms with Gasteiger partial charge in [-0.05, 0) is 66.0 Å². The first-order valence-electron chi connectivity index (χ1n) is 11.1. The molecule has 2 aromatic rings. The number of aliphatic hydroxyl groups excluding tert-OH is 1. The number of carbonyl (C=O) groups is 1. The number of aromatic nitrogens is 4. The van der Waals surface area contributed by atoms with Gasteiger partial charge in [0.05, 0.1) is 18.7 Å². The van der Waals surface area contributed by atoms with Gasteiger partial charge in [0.15, 0.2) is 0 Å². The number of rotatable bonds is 5. The molecule has 2 heterocycles. The van der Waals surface area contributed by atoms with Crippen LogP contribution < -0.4 is 5.32 Å². The lowest BCUT2D eigenvalue weighted by Crippen LogP contribution is -2.49. The van der Waals surface area contributed by atoms with Crippen molar-refractivity contribution in [1.29, 1.82) is 0 Å². The average Bonchev–Trinajstić information content (AvgIpc) is 3.44. The summed E-state index contributed by atoms with van der Waals surface area (Å²) in [4.78, 5) is 15.1. The zero-order valence-corrected chi connectivity index (χ0v) is 17.4. The topological polar surface area (TPSA) is 96.2 Å². The molecule has 1 aliphatic heterocycles. The van der Waals surface area contributed by atoms with Crippen molar-refractivity contribution in [3.05, 3.63) is 41.2 Å². The van der Waals surface area contributed by atoms with Crippen LogP contribution in [0.15, 0.2) is 24.3 Å². The molecule has 1 aromatic carbocycles. The molecule has 1 saturated carbocycles. The van der Waals surface area contributed by atoms with Crippen LogP contribution in [0.25, 0.3) is 0 Å². The molecule has 2 fully saturated rings. The molecule has 0 spiro atoms.